The molecule has 0 atom stereocenters. The molecule has 1 aromatic carbocycles. The minimum absolute atomic E-state index is 0.555. The van der Waals surface area contributed by atoms with E-state index in [1.807, 2.05) is 6.07 Å². The lowest BCUT2D eigenvalue weighted by Gasteiger charge is -2.05. The van der Waals surface area contributed by atoms with Crippen LogP contribution in [0.1, 0.15) is 11.5 Å². The molecule has 0 saturated carbocycles. The molecule has 3 rings (SSSR count). The van der Waals surface area contributed by atoms with E-state index in [4.69, 9.17) is 16.1 Å². The van der Waals surface area contributed by atoms with Crippen LogP contribution in [0.5, 0.6) is 0 Å². The molecule has 19 heavy (non-hydrogen) atoms. The zero-order chi connectivity index (χ0) is 13.2. The molecule has 0 fully saturated rings. The van der Waals surface area contributed by atoms with Crippen LogP contribution in [0.3, 0.4) is 0 Å². The summed E-state index contributed by atoms with van der Waals surface area (Å²) in [5.74, 6) is 1.54. The first-order valence-corrected chi connectivity index (χ1v) is 7.49. The number of aromatic nitrogens is 3. The van der Waals surface area contributed by atoms with Gasteiger partial charge in [-0.25, -0.2) is 4.98 Å². The summed E-state index contributed by atoms with van der Waals surface area (Å²) in [6.07, 6.45) is 2.32. The lowest BCUT2D eigenvalue weighted by atomic mass is 10.3. The minimum Gasteiger partial charge on any atom is -0.364 e. The highest BCUT2D eigenvalue weighted by Crippen LogP contribution is 2.20. The smallest absolute Gasteiger partial charge is 0.124 e. The summed E-state index contributed by atoms with van der Waals surface area (Å²) in [7, 11) is 0. The van der Waals surface area contributed by atoms with E-state index in [1.165, 1.54) is 3.57 Å². The molecule has 0 saturated heterocycles. The normalized spacial score (nSPS) is 11.3. The van der Waals surface area contributed by atoms with Gasteiger partial charge in [-0.05, 0) is 40.8 Å². The molecule has 3 aromatic rings. The summed E-state index contributed by atoms with van der Waals surface area (Å²) in [5, 5.41) is 3.96. The molecule has 2 heterocycles. The zero-order valence-electron chi connectivity index (χ0n) is 10.0. The van der Waals surface area contributed by atoms with E-state index in [9.17, 15) is 0 Å². The number of hydrogen-bond acceptors (Lipinski definition) is 3. The van der Waals surface area contributed by atoms with Gasteiger partial charge in [-0.15, -0.1) is 11.6 Å². The fourth-order valence-corrected chi connectivity index (χ4v) is 2.73. The van der Waals surface area contributed by atoms with Crippen LogP contribution in [0.15, 0.2) is 35.1 Å². The molecule has 0 aliphatic heterocycles. The van der Waals surface area contributed by atoms with Gasteiger partial charge in [0.05, 0.1) is 17.6 Å². The van der Waals surface area contributed by atoms with E-state index >= 15 is 0 Å². The van der Waals surface area contributed by atoms with Crippen LogP contribution < -0.4 is 0 Å². The van der Waals surface area contributed by atoms with Crippen LogP contribution in [0.4, 0.5) is 0 Å². The van der Waals surface area contributed by atoms with Crippen molar-refractivity contribution >= 4 is 45.2 Å². The van der Waals surface area contributed by atoms with Gasteiger partial charge in [0, 0.05) is 21.9 Å². The summed E-state index contributed by atoms with van der Waals surface area (Å²) in [4.78, 5) is 4.66. The Bertz CT molecular complexity index is 693. The number of alkyl halides is 1. The highest BCUT2D eigenvalue weighted by molar-refractivity contribution is 14.1. The van der Waals surface area contributed by atoms with E-state index in [0.29, 0.717) is 12.4 Å². The Morgan fingerprint density at radius 2 is 2.21 bits per heavy atom. The predicted octanol–water partition coefficient (Wildman–Crippen LogP) is 3.46. The summed E-state index contributed by atoms with van der Waals surface area (Å²) >= 11 is 8.15. The second-order valence-corrected chi connectivity index (χ2v) is 5.80. The van der Waals surface area contributed by atoms with Gasteiger partial charge in [0.15, 0.2) is 0 Å². The molecular formula is C13H11ClIN3O. The number of nitrogens with zero attached hydrogens (tertiary/aromatic N) is 3. The van der Waals surface area contributed by atoms with E-state index in [2.05, 4.69) is 55.5 Å². The van der Waals surface area contributed by atoms with Gasteiger partial charge in [0.2, 0.25) is 0 Å². The molecule has 0 amide bonds. The first kappa shape index (κ1) is 12.9. The third-order valence-corrected chi connectivity index (χ3v) is 3.78. The van der Waals surface area contributed by atoms with Gasteiger partial charge in [-0.2, -0.15) is 0 Å². The van der Waals surface area contributed by atoms with Gasteiger partial charge in [0.1, 0.15) is 17.8 Å². The highest BCUT2D eigenvalue weighted by Gasteiger charge is 2.12. The van der Waals surface area contributed by atoms with Crippen molar-refractivity contribution in [3.05, 3.63) is 45.6 Å². The van der Waals surface area contributed by atoms with Gasteiger partial charge in [-0.1, -0.05) is 5.16 Å². The van der Waals surface area contributed by atoms with Gasteiger partial charge in [0.25, 0.3) is 0 Å². The summed E-state index contributed by atoms with van der Waals surface area (Å²) in [6.45, 7) is 0.653. The fourth-order valence-electron chi connectivity index (χ4n) is 2.09. The average Bonchev–Trinajstić information content (AvgIpc) is 2.99. The Morgan fingerprint density at radius 1 is 1.32 bits per heavy atom. The van der Waals surface area contributed by atoms with Crippen molar-refractivity contribution in [2.45, 2.75) is 13.0 Å². The largest absolute Gasteiger partial charge is 0.364 e. The van der Waals surface area contributed by atoms with Crippen molar-refractivity contribution in [3.8, 4) is 0 Å². The topological polar surface area (TPSA) is 43.9 Å². The number of halogens is 2. The quantitative estimate of drug-likeness (QED) is 0.509. The van der Waals surface area contributed by atoms with E-state index in [0.717, 1.165) is 29.0 Å². The first-order chi connectivity index (χ1) is 9.28. The molecule has 6 heteroatoms. The Kier molecular flexibility index (Phi) is 3.74. The Hall–Kier alpha value is -1.08. The molecule has 0 N–H and O–H groups in total. The van der Waals surface area contributed by atoms with Gasteiger partial charge >= 0.3 is 0 Å². The van der Waals surface area contributed by atoms with Gasteiger partial charge in [-0.3, -0.25) is 0 Å². The number of rotatable bonds is 4. The van der Waals surface area contributed by atoms with Crippen LogP contribution in [-0.4, -0.2) is 20.6 Å². The van der Waals surface area contributed by atoms with Crippen LogP contribution in [0.2, 0.25) is 0 Å². The molecule has 4 nitrogen and oxygen atoms in total. The minimum atomic E-state index is 0.555. The van der Waals surface area contributed by atoms with Gasteiger partial charge < -0.3 is 9.09 Å². The fraction of sp³-hybridized carbons (Fsp3) is 0.231. The maximum Gasteiger partial charge on any atom is 0.124 e. The number of imidazole rings is 1. The van der Waals surface area contributed by atoms with E-state index < -0.39 is 0 Å². The maximum absolute atomic E-state index is 5.86. The Labute approximate surface area is 128 Å². The molecule has 0 aliphatic carbocycles. The zero-order valence-corrected chi connectivity index (χ0v) is 12.9. The molecule has 0 radical (unpaired) electrons. The van der Waals surface area contributed by atoms with Crippen LogP contribution in [-0.2, 0) is 13.0 Å². The highest BCUT2D eigenvalue weighted by atomic mass is 127. The number of aryl methyl sites for hydroxylation is 1. The molecule has 0 unspecified atom stereocenters. The summed E-state index contributed by atoms with van der Waals surface area (Å²) in [5.41, 5.74) is 2.98. The molecule has 0 aliphatic rings. The average molecular weight is 388 g/mol. The van der Waals surface area contributed by atoms with Crippen molar-refractivity contribution in [2.75, 3.05) is 5.88 Å². The standard InChI is InChI=1S/C13H11ClIN3O/c14-5-3-13-16-11-7-9(15)1-2-12(11)18(13)8-10-4-6-19-17-10/h1-2,4,6-7H,3,5,8H2. The summed E-state index contributed by atoms with van der Waals surface area (Å²) < 4.78 is 8.20. The third kappa shape index (κ3) is 2.62. The van der Waals surface area contributed by atoms with Crippen molar-refractivity contribution in [3.63, 3.8) is 0 Å². The van der Waals surface area contributed by atoms with E-state index in [1.54, 1.807) is 6.26 Å². The Balaban J connectivity index is 2.10. The van der Waals surface area contributed by atoms with Crippen molar-refractivity contribution in [2.24, 2.45) is 0 Å². The molecule has 98 valence electrons. The lowest BCUT2D eigenvalue weighted by Crippen LogP contribution is -2.06. The number of benzene rings is 1. The maximum atomic E-state index is 5.86. The second-order valence-electron chi connectivity index (χ2n) is 4.18. The van der Waals surface area contributed by atoms with Crippen molar-refractivity contribution in [1.82, 2.24) is 14.7 Å². The number of fused-ring (bicyclic) bond motifs is 1. The van der Waals surface area contributed by atoms with Crippen LogP contribution in [0.25, 0.3) is 11.0 Å². The first-order valence-electron chi connectivity index (χ1n) is 5.88. The Morgan fingerprint density at radius 3 is 2.95 bits per heavy atom. The summed E-state index contributed by atoms with van der Waals surface area (Å²) in [6, 6.07) is 8.10. The number of hydrogen-bond donors (Lipinski definition) is 0. The SMILES string of the molecule is ClCCc1nc2cc(I)ccc2n1Cc1ccon1. The monoisotopic (exact) mass is 387 g/mol. The molecule has 0 spiro atoms. The second kappa shape index (κ2) is 5.50. The van der Waals surface area contributed by atoms with Crippen molar-refractivity contribution in [1.29, 1.82) is 0 Å². The van der Waals surface area contributed by atoms with E-state index in [-0.39, 0.29) is 0 Å². The third-order valence-electron chi connectivity index (χ3n) is 2.92. The molecular weight excluding hydrogens is 377 g/mol. The van der Waals surface area contributed by atoms with Crippen LogP contribution in [0, 0.1) is 3.57 Å². The van der Waals surface area contributed by atoms with Crippen molar-refractivity contribution < 1.29 is 4.52 Å². The van der Waals surface area contributed by atoms with Crippen LogP contribution >= 0.6 is 34.2 Å². The predicted molar refractivity (Wildman–Crippen MR) is 82.5 cm³/mol. The lowest BCUT2D eigenvalue weighted by molar-refractivity contribution is 0.409. The molecule has 2 aromatic heterocycles. The molecule has 0 bridgehead atoms.